The summed E-state index contributed by atoms with van der Waals surface area (Å²) in [6.07, 6.45) is 12.0. The molecule has 1 fully saturated rings. The largest absolute Gasteiger partial charge is 0.0818 e. The number of halogens is 1. The summed E-state index contributed by atoms with van der Waals surface area (Å²) >= 11 is 2.45. The van der Waals surface area contributed by atoms with Crippen molar-refractivity contribution in [2.45, 2.75) is 79.6 Å². The third-order valence-electron chi connectivity index (χ3n) is 6.44. The van der Waals surface area contributed by atoms with Gasteiger partial charge < -0.3 is 0 Å². The number of hydrogen-bond acceptors (Lipinski definition) is 0. The average molecular weight is 400 g/mol. The van der Waals surface area contributed by atoms with E-state index in [1.807, 2.05) is 5.57 Å². The highest BCUT2D eigenvalue weighted by molar-refractivity contribution is 14.1. The second-order valence-corrected chi connectivity index (χ2v) is 9.20. The molecular weight excluding hydrogens is 367 g/mol. The van der Waals surface area contributed by atoms with Crippen LogP contribution in [0.5, 0.6) is 0 Å². The van der Waals surface area contributed by atoms with E-state index in [9.17, 15) is 0 Å². The third kappa shape index (κ3) is 3.59. The standard InChI is InChI=1S/C20H33I/c1-15(11-14-21)7-9-17-16(2)8-10-18-19(3,4)12-6-13-20(17,18)5/h11,18H,6-10,12-14H2,1-5H3/b15-11+/t18-,20+/m0/s1. The first kappa shape index (κ1) is 17.6. The summed E-state index contributed by atoms with van der Waals surface area (Å²) in [5.74, 6) is 0.895. The van der Waals surface area contributed by atoms with Gasteiger partial charge in [0.05, 0.1) is 0 Å². The maximum atomic E-state index is 2.59. The summed E-state index contributed by atoms with van der Waals surface area (Å²) in [5, 5.41) is 0. The fraction of sp³-hybridized carbons (Fsp3) is 0.800. The Morgan fingerprint density at radius 2 is 2.00 bits per heavy atom. The van der Waals surface area contributed by atoms with Crippen molar-refractivity contribution < 1.29 is 0 Å². The summed E-state index contributed by atoms with van der Waals surface area (Å²) in [7, 11) is 0. The minimum Gasteiger partial charge on any atom is -0.0818 e. The van der Waals surface area contributed by atoms with Crippen LogP contribution in [0.2, 0.25) is 0 Å². The predicted molar refractivity (Wildman–Crippen MR) is 103 cm³/mol. The maximum Gasteiger partial charge on any atom is 0.0178 e. The molecule has 2 rings (SSSR count). The zero-order chi connectivity index (χ0) is 15.7. The van der Waals surface area contributed by atoms with Crippen molar-refractivity contribution in [3.05, 3.63) is 22.8 Å². The van der Waals surface area contributed by atoms with Gasteiger partial charge in [-0.3, -0.25) is 0 Å². The van der Waals surface area contributed by atoms with Gasteiger partial charge >= 0.3 is 0 Å². The van der Waals surface area contributed by atoms with Gasteiger partial charge in [0, 0.05) is 4.43 Å². The quantitative estimate of drug-likeness (QED) is 0.268. The monoisotopic (exact) mass is 400 g/mol. The Hall–Kier alpha value is 0.210. The topological polar surface area (TPSA) is 0 Å². The van der Waals surface area contributed by atoms with E-state index in [4.69, 9.17) is 0 Å². The Balaban J connectivity index is 2.23. The smallest absolute Gasteiger partial charge is 0.0178 e. The van der Waals surface area contributed by atoms with Crippen molar-refractivity contribution in [1.82, 2.24) is 0 Å². The molecule has 21 heavy (non-hydrogen) atoms. The van der Waals surface area contributed by atoms with E-state index in [0.717, 1.165) is 10.3 Å². The van der Waals surface area contributed by atoms with Crippen LogP contribution in [-0.4, -0.2) is 4.43 Å². The van der Waals surface area contributed by atoms with Crippen molar-refractivity contribution >= 4 is 22.6 Å². The summed E-state index contributed by atoms with van der Waals surface area (Å²) in [6.45, 7) is 12.4. The molecule has 0 unspecified atom stereocenters. The van der Waals surface area contributed by atoms with Crippen LogP contribution in [0.4, 0.5) is 0 Å². The normalized spacial score (nSPS) is 33.0. The molecule has 0 radical (unpaired) electrons. The fourth-order valence-corrected chi connectivity index (χ4v) is 6.00. The molecule has 0 aromatic carbocycles. The van der Waals surface area contributed by atoms with E-state index in [1.54, 1.807) is 11.1 Å². The Bertz CT molecular complexity index is 441. The van der Waals surface area contributed by atoms with Crippen molar-refractivity contribution in [3.8, 4) is 0 Å². The highest BCUT2D eigenvalue weighted by Gasteiger charge is 2.49. The lowest BCUT2D eigenvalue weighted by molar-refractivity contribution is 0.0105. The van der Waals surface area contributed by atoms with Crippen LogP contribution < -0.4 is 0 Å². The van der Waals surface area contributed by atoms with Gasteiger partial charge in [-0.15, -0.1) is 0 Å². The molecule has 0 N–H and O–H groups in total. The number of hydrogen-bond donors (Lipinski definition) is 0. The maximum absolute atomic E-state index is 2.59. The lowest BCUT2D eigenvalue weighted by Gasteiger charge is -2.55. The van der Waals surface area contributed by atoms with Crippen molar-refractivity contribution in [1.29, 1.82) is 0 Å². The SMILES string of the molecule is CC1=C(CC/C(C)=C/CI)[C@@]2(C)CCCC(C)(C)[C@@H]2CC1. The summed E-state index contributed by atoms with van der Waals surface area (Å²) in [5.41, 5.74) is 6.13. The summed E-state index contributed by atoms with van der Waals surface area (Å²) in [6, 6.07) is 0. The molecule has 0 bridgehead atoms. The van der Waals surface area contributed by atoms with Gasteiger partial charge in [-0.1, -0.05) is 72.6 Å². The molecular formula is C20H33I. The third-order valence-corrected chi connectivity index (χ3v) is 6.88. The summed E-state index contributed by atoms with van der Waals surface area (Å²) < 4.78 is 1.15. The first-order chi connectivity index (χ1) is 9.81. The molecule has 0 amide bonds. The highest BCUT2D eigenvalue weighted by atomic mass is 127. The molecule has 2 atom stereocenters. The van der Waals surface area contributed by atoms with E-state index in [0.29, 0.717) is 10.8 Å². The van der Waals surface area contributed by atoms with Gasteiger partial charge in [0.1, 0.15) is 0 Å². The van der Waals surface area contributed by atoms with Crippen LogP contribution in [0, 0.1) is 16.7 Å². The van der Waals surface area contributed by atoms with Crippen molar-refractivity contribution in [3.63, 3.8) is 0 Å². The Kier molecular flexibility index (Phi) is 5.66. The van der Waals surface area contributed by atoms with E-state index in [-0.39, 0.29) is 0 Å². The van der Waals surface area contributed by atoms with Crippen LogP contribution >= 0.6 is 22.6 Å². The zero-order valence-electron chi connectivity index (χ0n) is 14.7. The summed E-state index contributed by atoms with van der Waals surface area (Å²) in [4.78, 5) is 0. The predicted octanol–water partition coefficient (Wildman–Crippen LogP) is 7.09. The van der Waals surface area contributed by atoms with E-state index in [2.05, 4.69) is 63.3 Å². The molecule has 0 aromatic rings. The minimum absolute atomic E-state index is 0.481. The average Bonchev–Trinajstić information content (AvgIpc) is 2.37. The molecule has 120 valence electrons. The number of allylic oxidation sites excluding steroid dienone is 4. The molecule has 2 aliphatic rings. The second kappa shape index (κ2) is 6.76. The van der Waals surface area contributed by atoms with Crippen LogP contribution in [0.1, 0.15) is 79.6 Å². The van der Waals surface area contributed by atoms with E-state index < -0.39 is 0 Å². The first-order valence-corrected chi connectivity index (χ1v) is 10.2. The lowest BCUT2D eigenvalue weighted by atomic mass is 9.50. The zero-order valence-corrected chi connectivity index (χ0v) is 16.8. The molecule has 0 aromatic heterocycles. The van der Waals surface area contributed by atoms with Crippen LogP contribution in [0.3, 0.4) is 0 Å². The Morgan fingerprint density at radius 1 is 1.29 bits per heavy atom. The molecule has 0 spiro atoms. The number of rotatable bonds is 4. The van der Waals surface area contributed by atoms with Crippen LogP contribution in [0.25, 0.3) is 0 Å². The molecule has 1 saturated carbocycles. The van der Waals surface area contributed by atoms with Gasteiger partial charge in [0.15, 0.2) is 0 Å². The van der Waals surface area contributed by atoms with Gasteiger partial charge in [0.25, 0.3) is 0 Å². The molecule has 2 aliphatic carbocycles. The lowest BCUT2D eigenvalue weighted by Crippen LogP contribution is -2.45. The van der Waals surface area contributed by atoms with Gasteiger partial charge in [-0.05, 0) is 69.1 Å². The molecule has 1 heteroatoms. The van der Waals surface area contributed by atoms with Crippen LogP contribution in [-0.2, 0) is 0 Å². The first-order valence-electron chi connectivity index (χ1n) is 8.72. The van der Waals surface area contributed by atoms with Gasteiger partial charge in [0.2, 0.25) is 0 Å². The number of fused-ring (bicyclic) bond motifs is 1. The van der Waals surface area contributed by atoms with Crippen molar-refractivity contribution in [2.75, 3.05) is 4.43 Å². The van der Waals surface area contributed by atoms with Crippen LogP contribution in [0.15, 0.2) is 22.8 Å². The van der Waals surface area contributed by atoms with Gasteiger partial charge in [-0.2, -0.15) is 0 Å². The van der Waals surface area contributed by atoms with E-state index in [1.165, 1.54) is 44.9 Å². The minimum atomic E-state index is 0.481. The Morgan fingerprint density at radius 3 is 2.67 bits per heavy atom. The molecule has 0 aliphatic heterocycles. The molecule has 0 saturated heterocycles. The molecule has 0 nitrogen and oxygen atoms in total. The Labute approximate surface area is 146 Å². The highest BCUT2D eigenvalue weighted by Crippen LogP contribution is 2.60. The second-order valence-electron chi connectivity index (χ2n) is 8.31. The molecule has 0 heterocycles. The van der Waals surface area contributed by atoms with Gasteiger partial charge in [-0.25, -0.2) is 0 Å². The number of alkyl halides is 1. The van der Waals surface area contributed by atoms with Crippen molar-refractivity contribution in [2.24, 2.45) is 16.7 Å². The fourth-order valence-electron chi connectivity index (χ4n) is 5.25. The van der Waals surface area contributed by atoms with E-state index >= 15 is 0 Å².